The third kappa shape index (κ3) is 4.49. The quantitative estimate of drug-likeness (QED) is 0.647. The molecule has 0 aliphatic rings. The van der Waals surface area contributed by atoms with E-state index in [9.17, 15) is 9.18 Å². The summed E-state index contributed by atoms with van der Waals surface area (Å²) in [5.74, 6) is -0.919. The Morgan fingerprint density at radius 2 is 1.95 bits per heavy atom. The minimum Gasteiger partial charge on any atom is -0.492 e. The first kappa shape index (κ1) is 15.4. The fourth-order valence-electron chi connectivity index (χ4n) is 1.74. The number of benzene rings is 2. The molecule has 0 saturated heterocycles. The fraction of sp³-hybridized carbons (Fsp3) is 0.188. The number of hydrogen-bond acceptors (Lipinski definition) is 3. The van der Waals surface area contributed by atoms with E-state index >= 15 is 0 Å². The topological polar surface area (TPSA) is 46.5 Å². The normalized spacial score (nSPS) is 10.4. The number of rotatable bonds is 6. The molecule has 0 atom stereocenters. The molecule has 110 valence electrons. The number of halogens is 1. The van der Waals surface area contributed by atoms with E-state index in [2.05, 4.69) is 0 Å². The van der Waals surface area contributed by atoms with Crippen LogP contribution in [-0.4, -0.2) is 23.4 Å². The molecular formula is C16H15FO3S. The predicted octanol–water partition coefficient (Wildman–Crippen LogP) is 4.00. The van der Waals surface area contributed by atoms with Gasteiger partial charge in [-0.25, -0.2) is 9.18 Å². The zero-order chi connectivity index (χ0) is 15.2. The highest BCUT2D eigenvalue weighted by Gasteiger charge is 2.12. The molecule has 21 heavy (non-hydrogen) atoms. The molecule has 2 aromatic carbocycles. The van der Waals surface area contributed by atoms with E-state index in [4.69, 9.17) is 9.84 Å². The average molecular weight is 306 g/mol. The minimum atomic E-state index is -1.20. The molecular weight excluding hydrogens is 291 g/mol. The Bertz CT molecular complexity index is 626. The maximum absolute atomic E-state index is 13.0. The van der Waals surface area contributed by atoms with Crippen LogP contribution in [0.3, 0.4) is 0 Å². The molecule has 0 aromatic heterocycles. The molecule has 0 fully saturated rings. The molecule has 0 heterocycles. The summed E-state index contributed by atoms with van der Waals surface area (Å²) in [4.78, 5) is 12.1. The lowest BCUT2D eigenvalue weighted by Crippen LogP contribution is -2.06. The van der Waals surface area contributed by atoms with Gasteiger partial charge in [0.2, 0.25) is 0 Å². The third-order valence-electron chi connectivity index (χ3n) is 2.80. The van der Waals surface area contributed by atoms with E-state index in [1.54, 1.807) is 11.8 Å². The largest absolute Gasteiger partial charge is 0.492 e. The first-order valence-electron chi connectivity index (χ1n) is 6.41. The summed E-state index contributed by atoms with van der Waals surface area (Å²) in [6, 6.07) is 11.6. The fourth-order valence-corrected chi connectivity index (χ4v) is 2.47. The first-order valence-corrected chi connectivity index (χ1v) is 7.40. The summed E-state index contributed by atoms with van der Waals surface area (Å²) in [5, 5.41) is 9.00. The number of carboxylic acids is 1. The van der Waals surface area contributed by atoms with Crippen molar-refractivity contribution in [1.29, 1.82) is 0 Å². The van der Waals surface area contributed by atoms with Crippen LogP contribution in [0.4, 0.5) is 4.39 Å². The molecule has 0 spiro atoms. The monoisotopic (exact) mass is 306 g/mol. The lowest BCUT2D eigenvalue weighted by atomic mass is 10.2. The maximum Gasteiger partial charge on any atom is 0.339 e. The lowest BCUT2D eigenvalue weighted by molar-refractivity contribution is 0.0692. The zero-order valence-electron chi connectivity index (χ0n) is 11.5. The standard InChI is InChI=1S/C16H15FO3S/c1-11-2-5-13(6-3-11)21-9-8-20-15-7-4-12(17)10-14(15)16(18)19/h2-7,10H,8-9H2,1H3,(H,18,19). The van der Waals surface area contributed by atoms with Gasteiger partial charge in [-0.1, -0.05) is 17.7 Å². The number of hydrogen-bond donors (Lipinski definition) is 1. The predicted molar refractivity (Wildman–Crippen MR) is 80.8 cm³/mol. The first-order chi connectivity index (χ1) is 10.1. The highest BCUT2D eigenvalue weighted by atomic mass is 32.2. The van der Waals surface area contributed by atoms with Crippen molar-refractivity contribution in [3.63, 3.8) is 0 Å². The summed E-state index contributed by atoms with van der Waals surface area (Å²) in [6.45, 7) is 2.38. The number of aromatic carboxylic acids is 1. The Kier molecular flexibility index (Phi) is 5.22. The molecule has 0 amide bonds. The molecule has 0 aliphatic heterocycles. The van der Waals surface area contributed by atoms with Crippen molar-refractivity contribution in [2.45, 2.75) is 11.8 Å². The van der Waals surface area contributed by atoms with Gasteiger partial charge in [0.25, 0.3) is 0 Å². The van der Waals surface area contributed by atoms with Crippen molar-refractivity contribution < 1.29 is 19.0 Å². The minimum absolute atomic E-state index is 0.157. The Labute approximate surface area is 126 Å². The van der Waals surface area contributed by atoms with Crippen molar-refractivity contribution >= 4 is 17.7 Å². The second-order valence-corrected chi connectivity index (χ2v) is 5.62. The van der Waals surface area contributed by atoms with Gasteiger partial charge in [0.1, 0.15) is 17.1 Å². The Hall–Kier alpha value is -2.01. The maximum atomic E-state index is 13.0. The summed E-state index contributed by atoms with van der Waals surface area (Å²) < 4.78 is 18.5. The van der Waals surface area contributed by atoms with Gasteiger partial charge in [0, 0.05) is 10.6 Å². The molecule has 0 aliphatic carbocycles. The van der Waals surface area contributed by atoms with E-state index in [1.165, 1.54) is 17.7 Å². The van der Waals surface area contributed by atoms with E-state index in [-0.39, 0.29) is 11.3 Å². The summed E-state index contributed by atoms with van der Waals surface area (Å²) in [5.41, 5.74) is 1.04. The number of carboxylic acid groups (broad SMARTS) is 1. The van der Waals surface area contributed by atoms with Gasteiger partial charge in [0.15, 0.2) is 0 Å². The average Bonchev–Trinajstić information content (AvgIpc) is 2.46. The van der Waals surface area contributed by atoms with E-state index in [1.807, 2.05) is 31.2 Å². The molecule has 0 radical (unpaired) electrons. The van der Waals surface area contributed by atoms with Crippen LogP contribution in [0.1, 0.15) is 15.9 Å². The lowest BCUT2D eigenvalue weighted by Gasteiger charge is -2.09. The molecule has 0 bridgehead atoms. The smallest absolute Gasteiger partial charge is 0.339 e. The zero-order valence-corrected chi connectivity index (χ0v) is 12.3. The second-order valence-electron chi connectivity index (χ2n) is 4.46. The molecule has 0 saturated carbocycles. The molecule has 2 rings (SSSR count). The molecule has 5 heteroatoms. The molecule has 0 unspecified atom stereocenters. The Morgan fingerprint density at radius 3 is 2.62 bits per heavy atom. The van der Waals surface area contributed by atoms with Crippen LogP contribution in [0.25, 0.3) is 0 Å². The van der Waals surface area contributed by atoms with Crippen molar-refractivity contribution in [2.75, 3.05) is 12.4 Å². The summed E-state index contributed by atoms with van der Waals surface area (Å²) in [6.07, 6.45) is 0. The number of carbonyl (C=O) groups is 1. The molecule has 2 aromatic rings. The van der Waals surface area contributed by atoms with Gasteiger partial charge < -0.3 is 9.84 Å². The van der Waals surface area contributed by atoms with E-state index in [0.717, 1.165) is 11.0 Å². The second kappa shape index (κ2) is 7.13. The van der Waals surface area contributed by atoms with Crippen molar-refractivity contribution in [3.05, 3.63) is 59.4 Å². The van der Waals surface area contributed by atoms with E-state index in [0.29, 0.717) is 12.4 Å². The highest BCUT2D eigenvalue weighted by molar-refractivity contribution is 7.99. The van der Waals surface area contributed by atoms with Crippen LogP contribution in [0, 0.1) is 12.7 Å². The van der Waals surface area contributed by atoms with Crippen LogP contribution < -0.4 is 4.74 Å². The summed E-state index contributed by atoms with van der Waals surface area (Å²) >= 11 is 1.62. The van der Waals surface area contributed by atoms with Gasteiger partial charge in [-0.2, -0.15) is 0 Å². The Morgan fingerprint density at radius 1 is 1.24 bits per heavy atom. The van der Waals surface area contributed by atoms with Crippen LogP contribution in [0.2, 0.25) is 0 Å². The van der Waals surface area contributed by atoms with Crippen molar-refractivity contribution in [2.24, 2.45) is 0 Å². The van der Waals surface area contributed by atoms with Crippen LogP contribution in [-0.2, 0) is 0 Å². The number of thioether (sulfide) groups is 1. The van der Waals surface area contributed by atoms with Crippen LogP contribution in [0.15, 0.2) is 47.4 Å². The van der Waals surface area contributed by atoms with Crippen LogP contribution in [0.5, 0.6) is 5.75 Å². The van der Waals surface area contributed by atoms with Crippen molar-refractivity contribution in [3.8, 4) is 5.75 Å². The highest BCUT2D eigenvalue weighted by Crippen LogP contribution is 2.22. The van der Waals surface area contributed by atoms with Gasteiger partial charge in [-0.05, 0) is 37.3 Å². The number of ether oxygens (including phenoxy) is 1. The van der Waals surface area contributed by atoms with Crippen LogP contribution >= 0.6 is 11.8 Å². The summed E-state index contributed by atoms with van der Waals surface area (Å²) in [7, 11) is 0. The Balaban J connectivity index is 1.89. The van der Waals surface area contributed by atoms with Gasteiger partial charge >= 0.3 is 5.97 Å². The van der Waals surface area contributed by atoms with Crippen molar-refractivity contribution in [1.82, 2.24) is 0 Å². The number of aryl methyl sites for hydroxylation is 1. The van der Waals surface area contributed by atoms with Gasteiger partial charge in [0.05, 0.1) is 6.61 Å². The SMILES string of the molecule is Cc1ccc(SCCOc2ccc(F)cc2C(=O)O)cc1. The van der Waals surface area contributed by atoms with Gasteiger partial charge in [-0.15, -0.1) is 11.8 Å². The third-order valence-corrected chi connectivity index (χ3v) is 3.78. The van der Waals surface area contributed by atoms with Gasteiger partial charge in [-0.3, -0.25) is 0 Å². The molecule has 3 nitrogen and oxygen atoms in total. The molecule has 1 N–H and O–H groups in total. The van der Waals surface area contributed by atoms with E-state index < -0.39 is 11.8 Å².